The Balaban J connectivity index is 1.34. The van der Waals surface area contributed by atoms with E-state index in [2.05, 4.69) is 29.2 Å². The molecule has 5 rings (SSSR count). The van der Waals surface area contributed by atoms with E-state index < -0.39 is 6.10 Å². The van der Waals surface area contributed by atoms with Crippen molar-refractivity contribution in [1.82, 2.24) is 14.7 Å². The monoisotopic (exact) mass is 503 g/mol. The van der Waals surface area contributed by atoms with Gasteiger partial charge in [0.05, 0.1) is 12.6 Å². The molecule has 0 radical (unpaired) electrons. The molecule has 196 valence electrons. The van der Waals surface area contributed by atoms with Crippen molar-refractivity contribution in [3.63, 3.8) is 0 Å². The zero-order valence-electron chi connectivity index (χ0n) is 21.4. The van der Waals surface area contributed by atoms with Crippen LogP contribution >= 0.6 is 0 Å². The predicted molar refractivity (Wildman–Crippen MR) is 142 cm³/mol. The highest BCUT2D eigenvalue weighted by atomic mass is 16.5. The number of rotatable bonds is 4. The number of benzene rings is 2. The summed E-state index contributed by atoms with van der Waals surface area (Å²) < 4.78 is 6.16. The Morgan fingerprint density at radius 2 is 1.78 bits per heavy atom. The van der Waals surface area contributed by atoms with Gasteiger partial charge in [0.1, 0.15) is 12.4 Å². The summed E-state index contributed by atoms with van der Waals surface area (Å²) in [6, 6.07) is 18.3. The van der Waals surface area contributed by atoms with Crippen molar-refractivity contribution in [2.75, 3.05) is 39.3 Å². The summed E-state index contributed by atoms with van der Waals surface area (Å²) in [4.78, 5) is 32.4. The van der Waals surface area contributed by atoms with E-state index in [4.69, 9.17) is 4.74 Å². The standard InChI is InChI=1S/C30H37N3O4/c34-27-13-15-33(21-27)29(35)17-24-12-14-32-20-25(24)10-6-16-37-28-11-5-4-9-26(28)19-31(22-30(32)36)18-23-7-2-1-3-8-23/h1-11,24-25,27,34H,12-22H2/b10-6-/t24-,25-,27+/m0/s1. The van der Waals surface area contributed by atoms with Crippen LogP contribution in [0.15, 0.2) is 66.7 Å². The quantitative estimate of drug-likeness (QED) is 0.650. The number of aliphatic hydroxyl groups excluding tert-OH is 1. The second-order valence-electron chi connectivity index (χ2n) is 10.5. The Hall–Kier alpha value is -3.16. The molecule has 0 saturated carbocycles. The molecule has 2 aromatic carbocycles. The molecule has 3 atom stereocenters. The van der Waals surface area contributed by atoms with Crippen molar-refractivity contribution >= 4 is 11.8 Å². The highest BCUT2D eigenvalue weighted by Gasteiger charge is 2.34. The molecule has 7 heteroatoms. The lowest BCUT2D eigenvalue weighted by Crippen LogP contribution is -2.47. The lowest BCUT2D eigenvalue weighted by molar-refractivity contribution is -0.136. The Bertz CT molecular complexity index is 1110. The van der Waals surface area contributed by atoms with Crippen LogP contribution in [0.3, 0.4) is 0 Å². The third-order valence-electron chi connectivity index (χ3n) is 7.80. The van der Waals surface area contributed by atoms with Gasteiger partial charge in [-0.3, -0.25) is 14.5 Å². The maximum atomic E-state index is 13.5. The van der Waals surface area contributed by atoms with Gasteiger partial charge in [-0.05, 0) is 36.3 Å². The Morgan fingerprint density at radius 3 is 2.59 bits per heavy atom. The molecule has 3 aliphatic rings. The van der Waals surface area contributed by atoms with Gasteiger partial charge in [0.25, 0.3) is 0 Å². The summed E-state index contributed by atoms with van der Waals surface area (Å²) in [5.74, 6) is 1.33. The maximum absolute atomic E-state index is 13.5. The molecule has 2 bridgehead atoms. The Labute approximate surface area is 219 Å². The first kappa shape index (κ1) is 25.5. The summed E-state index contributed by atoms with van der Waals surface area (Å²) in [6.45, 7) is 4.40. The molecule has 1 N–H and O–H groups in total. The molecule has 2 amide bonds. The van der Waals surface area contributed by atoms with Crippen LogP contribution in [0.25, 0.3) is 0 Å². The molecular weight excluding hydrogens is 466 g/mol. The number of ether oxygens (including phenoxy) is 1. The van der Waals surface area contributed by atoms with E-state index in [-0.39, 0.29) is 23.7 Å². The third-order valence-corrected chi connectivity index (χ3v) is 7.80. The van der Waals surface area contributed by atoms with Crippen molar-refractivity contribution < 1.29 is 19.4 Å². The van der Waals surface area contributed by atoms with Crippen LogP contribution in [0.1, 0.15) is 30.4 Å². The van der Waals surface area contributed by atoms with Gasteiger partial charge in [-0.1, -0.05) is 60.7 Å². The predicted octanol–water partition coefficient (Wildman–Crippen LogP) is 3.09. The molecule has 3 heterocycles. The minimum Gasteiger partial charge on any atom is -0.489 e. The van der Waals surface area contributed by atoms with Crippen LogP contribution in [0.5, 0.6) is 5.75 Å². The molecular formula is C30H37N3O4. The van der Waals surface area contributed by atoms with E-state index in [0.717, 1.165) is 17.7 Å². The minimum atomic E-state index is -0.410. The first-order chi connectivity index (χ1) is 18.0. The summed E-state index contributed by atoms with van der Waals surface area (Å²) in [5.41, 5.74) is 2.23. The Morgan fingerprint density at radius 1 is 0.973 bits per heavy atom. The number of carbonyl (C=O) groups excluding carboxylic acids is 2. The van der Waals surface area contributed by atoms with Gasteiger partial charge in [-0.25, -0.2) is 0 Å². The fraction of sp³-hybridized carbons (Fsp3) is 0.467. The van der Waals surface area contributed by atoms with Crippen molar-refractivity contribution in [3.8, 4) is 5.75 Å². The fourth-order valence-corrected chi connectivity index (χ4v) is 5.74. The van der Waals surface area contributed by atoms with E-state index in [1.54, 1.807) is 4.90 Å². The molecule has 0 unspecified atom stereocenters. The van der Waals surface area contributed by atoms with Crippen LogP contribution in [0, 0.1) is 11.8 Å². The van der Waals surface area contributed by atoms with Gasteiger partial charge in [-0.15, -0.1) is 0 Å². The number of amides is 2. The summed E-state index contributed by atoms with van der Waals surface area (Å²) in [7, 11) is 0. The number of piperidine rings is 1. The normalized spacial score (nSPS) is 25.9. The number of β-amino-alcohol motifs (C(OH)–C–C–N with tert-alkyl or cyclic N) is 1. The summed E-state index contributed by atoms with van der Waals surface area (Å²) in [6.07, 6.45) is 5.66. The average molecular weight is 504 g/mol. The molecule has 0 aliphatic carbocycles. The van der Waals surface area contributed by atoms with E-state index in [9.17, 15) is 14.7 Å². The van der Waals surface area contributed by atoms with Gasteiger partial charge in [0, 0.05) is 51.3 Å². The molecule has 0 aromatic heterocycles. The average Bonchev–Trinajstić information content (AvgIpc) is 3.35. The van der Waals surface area contributed by atoms with E-state index in [0.29, 0.717) is 65.3 Å². The maximum Gasteiger partial charge on any atom is 0.236 e. The van der Waals surface area contributed by atoms with Crippen LogP contribution in [0.4, 0.5) is 0 Å². The van der Waals surface area contributed by atoms with Crippen LogP contribution in [-0.2, 0) is 22.7 Å². The first-order valence-corrected chi connectivity index (χ1v) is 13.4. The topological polar surface area (TPSA) is 73.3 Å². The molecule has 37 heavy (non-hydrogen) atoms. The SMILES string of the molecule is O=C(C[C@@H]1CCN2C[C@@H]1/C=C\COc1ccccc1CN(Cc1ccccc1)CC2=O)N1CC[C@@H](O)C1. The number of carbonyl (C=O) groups is 2. The molecule has 3 aliphatic heterocycles. The number of hydrogen-bond acceptors (Lipinski definition) is 5. The summed E-state index contributed by atoms with van der Waals surface area (Å²) in [5, 5.41) is 9.84. The summed E-state index contributed by atoms with van der Waals surface area (Å²) >= 11 is 0. The number of hydrogen-bond donors (Lipinski definition) is 1. The molecule has 2 aromatic rings. The zero-order chi connectivity index (χ0) is 25.6. The van der Waals surface area contributed by atoms with Gasteiger partial charge in [-0.2, -0.15) is 0 Å². The van der Waals surface area contributed by atoms with Crippen LogP contribution in [-0.4, -0.2) is 77.1 Å². The highest BCUT2D eigenvalue weighted by molar-refractivity contribution is 5.79. The smallest absolute Gasteiger partial charge is 0.236 e. The van der Waals surface area contributed by atoms with Crippen molar-refractivity contribution in [1.29, 1.82) is 0 Å². The zero-order valence-corrected chi connectivity index (χ0v) is 21.4. The van der Waals surface area contributed by atoms with Crippen molar-refractivity contribution in [2.45, 2.75) is 38.5 Å². The molecule has 0 spiro atoms. The van der Waals surface area contributed by atoms with Gasteiger partial charge in [0.2, 0.25) is 11.8 Å². The van der Waals surface area contributed by atoms with Gasteiger partial charge < -0.3 is 19.6 Å². The van der Waals surface area contributed by atoms with E-state index in [1.807, 2.05) is 47.4 Å². The lowest BCUT2D eigenvalue weighted by atomic mass is 9.82. The molecule has 2 fully saturated rings. The first-order valence-electron chi connectivity index (χ1n) is 13.4. The molecule has 7 nitrogen and oxygen atoms in total. The number of likely N-dealkylation sites (tertiary alicyclic amines) is 1. The molecule has 2 saturated heterocycles. The highest BCUT2D eigenvalue weighted by Crippen LogP contribution is 2.30. The van der Waals surface area contributed by atoms with Crippen LogP contribution < -0.4 is 4.74 Å². The van der Waals surface area contributed by atoms with Crippen LogP contribution in [0.2, 0.25) is 0 Å². The third kappa shape index (κ3) is 6.59. The lowest BCUT2D eigenvalue weighted by Gasteiger charge is -2.38. The largest absolute Gasteiger partial charge is 0.489 e. The van der Waals surface area contributed by atoms with Crippen molar-refractivity contribution in [2.24, 2.45) is 11.8 Å². The fourth-order valence-electron chi connectivity index (χ4n) is 5.74. The van der Waals surface area contributed by atoms with E-state index in [1.165, 1.54) is 5.56 Å². The second-order valence-corrected chi connectivity index (χ2v) is 10.5. The number of fused-ring (bicyclic) bond motifs is 3. The number of para-hydroxylation sites is 1. The van der Waals surface area contributed by atoms with Gasteiger partial charge >= 0.3 is 0 Å². The van der Waals surface area contributed by atoms with E-state index >= 15 is 0 Å². The van der Waals surface area contributed by atoms with Gasteiger partial charge in [0.15, 0.2) is 0 Å². The minimum absolute atomic E-state index is 0.0938. The second kappa shape index (κ2) is 11.9. The number of aliphatic hydroxyl groups is 1. The Kier molecular flexibility index (Phi) is 8.21. The van der Waals surface area contributed by atoms with Crippen molar-refractivity contribution in [3.05, 3.63) is 77.9 Å². The number of nitrogens with zero attached hydrogens (tertiary/aromatic N) is 3.